The lowest BCUT2D eigenvalue weighted by molar-refractivity contribution is 0.219. The molecule has 0 spiro atoms. The zero-order chi connectivity index (χ0) is 12.7. The van der Waals surface area contributed by atoms with Crippen molar-refractivity contribution >= 4 is 7.60 Å². The van der Waals surface area contributed by atoms with Gasteiger partial charge in [0.25, 0.3) is 0 Å². The summed E-state index contributed by atoms with van der Waals surface area (Å²) in [6, 6.07) is 0. The Morgan fingerprint density at radius 3 is 1.88 bits per heavy atom. The molecule has 0 aliphatic heterocycles. The van der Waals surface area contributed by atoms with Crippen LogP contribution in [0.15, 0.2) is 0 Å². The molecule has 0 aliphatic rings. The van der Waals surface area contributed by atoms with Crippen LogP contribution in [-0.2, 0) is 13.6 Å². The lowest BCUT2D eigenvalue weighted by Gasteiger charge is -2.19. The molecule has 16 heavy (non-hydrogen) atoms. The van der Waals surface area contributed by atoms with E-state index >= 15 is 0 Å². The van der Waals surface area contributed by atoms with Crippen LogP contribution >= 0.6 is 7.60 Å². The van der Waals surface area contributed by atoms with Gasteiger partial charge < -0.3 is 9.05 Å². The van der Waals surface area contributed by atoms with Crippen molar-refractivity contribution in [2.24, 2.45) is 5.41 Å². The Kier molecular flexibility index (Phi) is 7.54. The highest BCUT2D eigenvalue weighted by Crippen LogP contribution is 2.48. The number of hydrogen-bond donors (Lipinski definition) is 0. The van der Waals surface area contributed by atoms with E-state index in [9.17, 15) is 4.57 Å². The third-order valence-electron chi connectivity index (χ3n) is 2.26. The molecule has 4 heteroatoms. The average Bonchev–Trinajstić information content (AvgIpc) is 2.12. The van der Waals surface area contributed by atoms with Crippen LogP contribution in [0.1, 0.15) is 53.9 Å². The van der Waals surface area contributed by atoms with Gasteiger partial charge in [-0.3, -0.25) is 4.57 Å². The minimum atomic E-state index is -2.80. The minimum absolute atomic E-state index is 0.348. The predicted molar refractivity (Wildman–Crippen MR) is 69.0 cm³/mol. The molecule has 0 amide bonds. The maximum Gasteiger partial charge on any atom is 0.330 e. The van der Waals surface area contributed by atoms with E-state index in [0.717, 1.165) is 19.3 Å². The molecule has 0 heterocycles. The lowest BCUT2D eigenvalue weighted by Crippen LogP contribution is -2.06. The second kappa shape index (κ2) is 7.47. The summed E-state index contributed by atoms with van der Waals surface area (Å²) in [5.41, 5.74) is 0.348. The van der Waals surface area contributed by atoms with Gasteiger partial charge in [-0.05, 0) is 32.1 Å². The van der Waals surface area contributed by atoms with Gasteiger partial charge in [0, 0.05) is 0 Å². The summed E-state index contributed by atoms with van der Waals surface area (Å²) in [6.07, 6.45) is 3.68. The number of rotatable bonds is 8. The lowest BCUT2D eigenvalue weighted by atomic mass is 9.90. The van der Waals surface area contributed by atoms with Gasteiger partial charge in [-0.1, -0.05) is 27.2 Å². The summed E-state index contributed by atoms with van der Waals surface area (Å²) in [5.74, 6) is 0. The van der Waals surface area contributed by atoms with E-state index in [0.29, 0.717) is 24.8 Å². The van der Waals surface area contributed by atoms with E-state index in [1.807, 2.05) is 13.8 Å². The van der Waals surface area contributed by atoms with Crippen LogP contribution in [0.25, 0.3) is 0 Å². The monoisotopic (exact) mass is 250 g/mol. The second-order valence-electron chi connectivity index (χ2n) is 5.19. The Hall–Kier alpha value is 0.150. The molecule has 0 aromatic heterocycles. The van der Waals surface area contributed by atoms with Gasteiger partial charge >= 0.3 is 7.60 Å². The van der Waals surface area contributed by atoms with E-state index in [4.69, 9.17) is 9.05 Å². The third kappa shape index (κ3) is 8.32. The van der Waals surface area contributed by atoms with Crippen LogP contribution in [-0.4, -0.2) is 19.4 Å². The molecule has 0 saturated heterocycles. The van der Waals surface area contributed by atoms with E-state index < -0.39 is 7.60 Å². The van der Waals surface area contributed by atoms with Crippen molar-refractivity contribution in [1.82, 2.24) is 0 Å². The molecule has 3 nitrogen and oxygen atoms in total. The van der Waals surface area contributed by atoms with E-state index in [-0.39, 0.29) is 0 Å². The summed E-state index contributed by atoms with van der Waals surface area (Å²) >= 11 is 0. The van der Waals surface area contributed by atoms with Crippen LogP contribution in [0.2, 0.25) is 0 Å². The fourth-order valence-corrected chi connectivity index (χ4v) is 3.25. The van der Waals surface area contributed by atoms with Crippen LogP contribution in [0, 0.1) is 5.41 Å². The molecule has 0 N–H and O–H groups in total. The maximum atomic E-state index is 12.1. The Balaban J connectivity index is 3.90. The first-order valence-electron chi connectivity index (χ1n) is 6.21. The van der Waals surface area contributed by atoms with E-state index in [2.05, 4.69) is 20.8 Å². The first-order valence-corrected chi connectivity index (χ1v) is 7.94. The molecule has 0 aromatic rings. The summed E-state index contributed by atoms with van der Waals surface area (Å²) in [4.78, 5) is 0. The van der Waals surface area contributed by atoms with Gasteiger partial charge in [0.05, 0.1) is 19.4 Å². The smallest absolute Gasteiger partial charge is 0.309 e. The first kappa shape index (κ1) is 16.1. The molecule has 0 atom stereocenters. The fraction of sp³-hybridized carbons (Fsp3) is 1.00. The third-order valence-corrected chi connectivity index (χ3v) is 4.43. The molecular weight excluding hydrogens is 223 g/mol. The Morgan fingerprint density at radius 1 is 1.00 bits per heavy atom. The molecule has 98 valence electrons. The van der Waals surface area contributed by atoms with Crippen molar-refractivity contribution in [2.45, 2.75) is 53.9 Å². The highest BCUT2D eigenvalue weighted by atomic mass is 31.2. The summed E-state index contributed by atoms with van der Waals surface area (Å²) in [5, 5.41) is 0. The highest BCUT2D eigenvalue weighted by molar-refractivity contribution is 7.53. The van der Waals surface area contributed by atoms with Crippen molar-refractivity contribution in [2.75, 3.05) is 19.4 Å². The van der Waals surface area contributed by atoms with Crippen molar-refractivity contribution in [1.29, 1.82) is 0 Å². The topological polar surface area (TPSA) is 35.5 Å². The summed E-state index contributed by atoms with van der Waals surface area (Å²) in [6.45, 7) is 11.3. The zero-order valence-corrected chi connectivity index (χ0v) is 12.3. The molecule has 0 saturated carbocycles. The Labute approximate surface area is 100 Å². The number of unbranched alkanes of at least 4 members (excludes halogenated alkanes) is 1. The maximum absolute atomic E-state index is 12.1. The highest BCUT2D eigenvalue weighted by Gasteiger charge is 2.22. The van der Waals surface area contributed by atoms with Crippen molar-refractivity contribution < 1.29 is 13.6 Å². The van der Waals surface area contributed by atoms with Crippen LogP contribution in [0.4, 0.5) is 0 Å². The van der Waals surface area contributed by atoms with Gasteiger partial charge in [0.1, 0.15) is 0 Å². The molecule has 0 radical (unpaired) electrons. The molecule has 0 unspecified atom stereocenters. The molecule has 0 aromatic carbocycles. The Bertz CT molecular complexity index is 211. The second-order valence-corrected chi connectivity index (χ2v) is 7.37. The molecular formula is C12H27O3P. The standard InChI is InChI=1S/C12H27O3P/c1-6-14-16(13,15-7-2)11-9-8-10-12(3,4)5/h6-11H2,1-5H3. The number of hydrogen-bond acceptors (Lipinski definition) is 3. The fourth-order valence-electron chi connectivity index (χ4n) is 1.52. The zero-order valence-electron chi connectivity index (χ0n) is 11.4. The first-order chi connectivity index (χ1) is 7.33. The van der Waals surface area contributed by atoms with Crippen LogP contribution in [0.5, 0.6) is 0 Å². The summed E-state index contributed by atoms with van der Waals surface area (Å²) < 4.78 is 22.6. The van der Waals surface area contributed by atoms with Crippen molar-refractivity contribution in [3.8, 4) is 0 Å². The van der Waals surface area contributed by atoms with E-state index in [1.165, 1.54) is 0 Å². The van der Waals surface area contributed by atoms with Gasteiger partial charge in [-0.25, -0.2) is 0 Å². The Morgan fingerprint density at radius 2 is 1.50 bits per heavy atom. The normalized spacial score (nSPS) is 13.1. The molecule has 0 rings (SSSR count). The van der Waals surface area contributed by atoms with Crippen molar-refractivity contribution in [3.05, 3.63) is 0 Å². The molecule has 0 bridgehead atoms. The summed E-state index contributed by atoms with van der Waals surface area (Å²) in [7, 11) is -2.80. The molecule has 0 aliphatic carbocycles. The molecule has 0 fully saturated rings. The van der Waals surface area contributed by atoms with E-state index in [1.54, 1.807) is 0 Å². The van der Waals surface area contributed by atoms with Crippen LogP contribution in [0.3, 0.4) is 0 Å². The largest absolute Gasteiger partial charge is 0.330 e. The SMILES string of the molecule is CCOP(=O)(CCCCC(C)(C)C)OCC. The van der Waals surface area contributed by atoms with Gasteiger partial charge in [0.2, 0.25) is 0 Å². The van der Waals surface area contributed by atoms with Gasteiger partial charge in [-0.15, -0.1) is 0 Å². The quantitative estimate of drug-likeness (QED) is 0.471. The van der Waals surface area contributed by atoms with Crippen LogP contribution < -0.4 is 0 Å². The average molecular weight is 250 g/mol. The minimum Gasteiger partial charge on any atom is -0.309 e. The predicted octanol–water partition coefficient (Wildman–Crippen LogP) is 4.47. The van der Waals surface area contributed by atoms with Gasteiger partial charge in [0.15, 0.2) is 0 Å². The van der Waals surface area contributed by atoms with Crippen molar-refractivity contribution in [3.63, 3.8) is 0 Å². The van der Waals surface area contributed by atoms with Gasteiger partial charge in [-0.2, -0.15) is 0 Å².